The fourth-order valence-corrected chi connectivity index (χ4v) is 2.49. The number of aryl methyl sites for hydroxylation is 2. The van der Waals surface area contributed by atoms with Crippen LogP contribution in [0.3, 0.4) is 0 Å². The molecule has 0 bridgehead atoms. The summed E-state index contributed by atoms with van der Waals surface area (Å²) in [5.74, 6) is 2.32. The van der Waals surface area contributed by atoms with Crippen LogP contribution in [0, 0.1) is 19.8 Å². The van der Waals surface area contributed by atoms with Crippen molar-refractivity contribution in [1.82, 2.24) is 15.5 Å². The molecule has 1 N–H and O–H groups in total. The first kappa shape index (κ1) is 13.3. The molecule has 1 aromatic heterocycles. The molecule has 0 atom stereocenters. The molecule has 1 heterocycles. The second-order valence-electron chi connectivity index (χ2n) is 5.85. The van der Waals surface area contributed by atoms with E-state index in [1.807, 2.05) is 0 Å². The van der Waals surface area contributed by atoms with E-state index in [-0.39, 0.29) is 0 Å². The van der Waals surface area contributed by atoms with E-state index >= 15 is 0 Å². The second-order valence-corrected chi connectivity index (χ2v) is 5.85. The van der Waals surface area contributed by atoms with Crippen molar-refractivity contribution in [3.8, 4) is 0 Å². The lowest BCUT2D eigenvalue weighted by Crippen LogP contribution is -2.16. The zero-order chi connectivity index (χ0) is 13.9. The fourth-order valence-electron chi connectivity index (χ4n) is 2.49. The Bertz CT molecular complexity index is 567. The van der Waals surface area contributed by atoms with Crippen LogP contribution in [0.2, 0.25) is 0 Å². The predicted octanol–water partition coefficient (Wildman–Crippen LogP) is 2.78. The van der Waals surface area contributed by atoms with Gasteiger partial charge in [-0.1, -0.05) is 34.5 Å². The minimum absolute atomic E-state index is 0.677. The Kier molecular flexibility index (Phi) is 3.83. The predicted molar refractivity (Wildman–Crippen MR) is 77.5 cm³/mol. The maximum absolute atomic E-state index is 5.28. The lowest BCUT2D eigenvalue weighted by Gasteiger charge is -2.01. The second kappa shape index (κ2) is 5.75. The van der Waals surface area contributed by atoms with E-state index in [9.17, 15) is 0 Å². The highest BCUT2D eigenvalue weighted by molar-refractivity contribution is 5.30. The van der Waals surface area contributed by atoms with Crippen molar-refractivity contribution < 1.29 is 4.52 Å². The number of hydrogen-bond acceptors (Lipinski definition) is 4. The lowest BCUT2D eigenvalue weighted by atomic mass is 10.1. The number of hydrogen-bond donors (Lipinski definition) is 1. The number of nitrogens with one attached hydrogen (secondary N) is 1. The number of nitrogens with zero attached hydrogens (tertiary/aromatic N) is 2. The van der Waals surface area contributed by atoms with Crippen molar-refractivity contribution in [2.24, 2.45) is 5.92 Å². The first-order valence-corrected chi connectivity index (χ1v) is 7.28. The molecule has 1 fully saturated rings. The highest BCUT2D eigenvalue weighted by Crippen LogP contribution is 2.27. The molecule has 4 nitrogen and oxygen atoms in total. The smallest absolute Gasteiger partial charge is 0.240 e. The summed E-state index contributed by atoms with van der Waals surface area (Å²) in [6.07, 6.45) is 3.44. The summed E-state index contributed by atoms with van der Waals surface area (Å²) in [6, 6.07) is 6.52. The summed E-state index contributed by atoms with van der Waals surface area (Å²) in [5.41, 5.74) is 3.78. The molecule has 0 amide bonds. The van der Waals surface area contributed by atoms with Gasteiger partial charge in [-0.3, -0.25) is 0 Å². The molecule has 1 aliphatic carbocycles. The maximum Gasteiger partial charge on any atom is 0.240 e. The normalized spacial score (nSPS) is 14.7. The van der Waals surface area contributed by atoms with Gasteiger partial charge in [0.15, 0.2) is 5.82 Å². The zero-order valence-electron chi connectivity index (χ0n) is 12.1. The highest BCUT2D eigenvalue weighted by Gasteiger charge is 2.20. The zero-order valence-corrected chi connectivity index (χ0v) is 12.1. The minimum atomic E-state index is 0.677. The van der Waals surface area contributed by atoms with Gasteiger partial charge in [0, 0.05) is 6.42 Å². The largest absolute Gasteiger partial charge is 0.338 e. The molecule has 0 unspecified atom stereocenters. The van der Waals surface area contributed by atoms with Crippen molar-refractivity contribution in [1.29, 1.82) is 0 Å². The third-order valence-corrected chi connectivity index (χ3v) is 3.56. The van der Waals surface area contributed by atoms with Crippen LogP contribution in [-0.4, -0.2) is 16.7 Å². The van der Waals surface area contributed by atoms with Crippen LogP contribution in [0.15, 0.2) is 22.7 Å². The van der Waals surface area contributed by atoms with Gasteiger partial charge in [-0.25, -0.2) is 0 Å². The molecule has 1 saturated carbocycles. The standard InChI is InChI=1S/C16H21N3O/c1-11-5-12(2)7-14(6-11)8-15-18-16(20-19-15)10-17-9-13-3-4-13/h5-7,13,17H,3-4,8-10H2,1-2H3. The van der Waals surface area contributed by atoms with Crippen LogP contribution in [0.1, 0.15) is 41.2 Å². The topological polar surface area (TPSA) is 51.0 Å². The summed E-state index contributed by atoms with van der Waals surface area (Å²) in [5, 5.41) is 7.42. The van der Waals surface area contributed by atoms with E-state index in [1.165, 1.54) is 29.5 Å². The van der Waals surface area contributed by atoms with Gasteiger partial charge in [0.1, 0.15) is 0 Å². The van der Waals surface area contributed by atoms with Crippen LogP contribution in [-0.2, 0) is 13.0 Å². The first-order valence-electron chi connectivity index (χ1n) is 7.28. The maximum atomic E-state index is 5.28. The SMILES string of the molecule is Cc1cc(C)cc(Cc2noc(CNCC3CC3)n2)c1. The molecule has 0 aliphatic heterocycles. The molecule has 2 aromatic rings. The van der Waals surface area contributed by atoms with Crippen LogP contribution in [0.5, 0.6) is 0 Å². The van der Waals surface area contributed by atoms with Crippen molar-refractivity contribution in [2.75, 3.05) is 6.54 Å². The highest BCUT2D eigenvalue weighted by atomic mass is 16.5. The van der Waals surface area contributed by atoms with Gasteiger partial charge in [-0.05, 0) is 44.7 Å². The third kappa shape index (κ3) is 3.67. The van der Waals surface area contributed by atoms with E-state index in [2.05, 4.69) is 47.5 Å². The number of rotatable bonds is 6. The Labute approximate surface area is 119 Å². The minimum Gasteiger partial charge on any atom is -0.338 e. The summed E-state index contributed by atoms with van der Waals surface area (Å²) >= 11 is 0. The molecule has 20 heavy (non-hydrogen) atoms. The van der Waals surface area contributed by atoms with E-state index in [4.69, 9.17) is 4.52 Å². The molecular formula is C16H21N3O. The summed E-state index contributed by atoms with van der Waals surface area (Å²) in [6.45, 7) is 5.96. The Hall–Kier alpha value is -1.68. The van der Waals surface area contributed by atoms with Gasteiger partial charge in [0.05, 0.1) is 6.54 Å². The Morgan fingerprint density at radius 2 is 1.95 bits per heavy atom. The van der Waals surface area contributed by atoms with E-state index in [0.29, 0.717) is 12.4 Å². The molecular weight excluding hydrogens is 250 g/mol. The lowest BCUT2D eigenvalue weighted by molar-refractivity contribution is 0.362. The summed E-state index contributed by atoms with van der Waals surface area (Å²) in [4.78, 5) is 4.44. The van der Waals surface area contributed by atoms with Crippen molar-refractivity contribution >= 4 is 0 Å². The molecule has 1 aromatic carbocycles. The van der Waals surface area contributed by atoms with E-state index in [0.717, 1.165) is 24.7 Å². The molecule has 1 aliphatic rings. The average Bonchev–Trinajstić information content (AvgIpc) is 3.09. The number of aromatic nitrogens is 2. The molecule has 0 spiro atoms. The molecule has 106 valence electrons. The quantitative estimate of drug-likeness (QED) is 0.877. The summed E-state index contributed by atoms with van der Waals surface area (Å²) < 4.78 is 5.28. The molecule has 4 heteroatoms. The Morgan fingerprint density at radius 1 is 1.20 bits per heavy atom. The van der Waals surface area contributed by atoms with Crippen molar-refractivity contribution in [3.63, 3.8) is 0 Å². The van der Waals surface area contributed by atoms with Crippen LogP contribution >= 0.6 is 0 Å². The third-order valence-electron chi connectivity index (χ3n) is 3.56. The van der Waals surface area contributed by atoms with Gasteiger partial charge in [-0.15, -0.1) is 0 Å². The van der Waals surface area contributed by atoms with E-state index in [1.54, 1.807) is 0 Å². The van der Waals surface area contributed by atoms with Crippen LogP contribution in [0.25, 0.3) is 0 Å². The molecule has 3 rings (SSSR count). The Morgan fingerprint density at radius 3 is 2.65 bits per heavy atom. The van der Waals surface area contributed by atoms with Gasteiger partial charge in [-0.2, -0.15) is 4.98 Å². The average molecular weight is 271 g/mol. The van der Waals surface area contributed by atoms with Gasteiger partial charge < -0.3 is 9.84 Å². The monoisotopic (exact) mass is 271 g/mol. The summed E-state index contributed by atoms with van der Waals surface area (Å²) in [7, 11) is 0. The van der Waals surface area contributed by atoms with Crippen LogP contribution in [0.4, 0.5) is 0 Å². The van der Waals surface area contributed by atoms with Gasteiger partial charge >= 0.3 is 0 Å². The van der Waals surface area contributed by atoms with Gasteiger partial charge in [0.25, 0.3) is 0 Å². The Balaban J connectivity index is 1.58. The fraction of sp³-hybridized carbons (Fsp3) is 0.500. The van der Waals surface area contributed by atoms with Crippen molar-refractivity contribution in [3.05, 3.63) is 46.6 Å². The van der Waals surface area contributed by atoms with Gasteiger partial charge in [0.2, 0.25) is 5.89 Å². The molecule has 0 radical (unpaired) electrons. The number of benzene rings is 1. The van der Waals surface area contributed by atoms with Crippen LogP contribution < -0.4 is 5.32 Å². The van der Waals surface area contributed by atoms with Crippen molar-refractivity contribution in [2.45, 2.75) is 39.7 Å². The molecule has 0 saturated heterocycles. The first-order chi connectivity index (χ1) is 9.69. The van der Waals surface area contributed by atoms with E-state index < -0.39 is 0 Å².